The van der Waals surface area contributed by atoms with Crippen LogP contribution in [0.3, 0.4) is 0 Å². The fraction of sp³-hybridized carbons (Fsp3) is 0.538. The third-order valence-electron chi connectivity index (χ3n) is 3.40. The van der Waals surface area contributed by atoms with E-state index in [0.717, 1.165) is 5.56 Å². The Bertz CT molecular complexity index is 410. The molecule has 2 rings (SSSR count). The number of halogens is 1. The summed E-state index contributed by atoms with van der Waals surface area (Å²) in [5.41, 5.74) is 1.05. The summed E-state index contributed by atoms with van der Waals surface area (Å²) in [4.78, 5) is 2.76. The summed E-state index contributed by atoms with van der Waals surface area (Å²) < 4.78 is 23.5. The zero-order valence-corrected chi connectivity index (χ0v) is 11.7. The molecule has 0 bridgehead atoms. The highest BCUT2D eigenvalue weighted by atomic mass is 32.1. The average molecular weight is 271 g/mol. The standard InChI is InChI=1S/C13H18FNO2S/c1-8(15-6-10(14)7-15)9-4-11(16-2)13(18)12(5-9)17-3/h4-5,8,10,18H,6-7H2,1-3H3. The van der Waals surface area contributed by atoms with Crippen LogP contribution in [0.5, 0.6) is 11.5 Å². The third-order valence-corrected chi connectivity index (χ3v) is 3.84. The van der Waals surface area contributed by atoms with Crippen molar-refractivity contribution < 1.29 is 13.9 Å². The van der Waals surface area contributed by atoms with Gasteiger partial charge in [0, 0.05) is 19.1 Å². The van der Waals surface area contributed by atoms with Gasteiger partial charge in [0.15, 0.2) is 0 Å². The van der Waals surface area contributed by atoms with Gasteiger partial charge in [0.05, 0.1) is 19.1 Å². The SMILES string of the molecule is COc1cc(C(C)N2CC(F)C2)cc(OC)c1S. The molecule has 100 valence electrons. The summed E-state index contributed by atoms with van der Waals surface area (Å²) in [5.74, 6) is 1.36. The number of hydrogen-bond acceptors (Lipinski definition) is 4. The Hall–Kier alpha value is -0.940. The van der Waals surface area contributed by atoms with Crippen molar-refractivity contribution in [2.75, 3.05) is 27.3 Å². The van der Waals surface area contributed by atoms with Gasteiger partial charge in [-0.1, -0.05) is 0 Å². The highest BCUT2D eigenvalue weighted by molar-refractivity contribution is 7.80. The minimum atomic E-state index is -0.694. The molecule has 1 heterocycles. The van der Waals surface area contributed by atoms with E-state index in [2.05, 4.69) is 24.5 Å². The Morgan fingerprint density at radius 3 is 2.17 bits per heavy atom. The van der Waals surface area contributed by atoms with Crippen molar-refractivity contribution in [2.45, 2.75) is 24.0 Å². The molecular weight excluding hydrogens is 253 g/mol. The van der Waals surface area contributed by atoms with Crippen LogP contribution in [0.15, 0.2) is 17.0 Å². The van der Waals surface area contributed by atoms with Gasteiger partial charge in [-0.25, -0.2) is 4.39 Å². The van der Waals surface area contributed by atoms with Gasteiger partial charge in [-0.15, -0.1) is 12.6 Å². The van der Waals surface area contributed by atoms with E-state index in [1.54, 1.807) is 14.2 Å². The van der Waals surface area contributed by atoms with Gasteiger partial charge < -0.3 is 9.47 Å². The maximum atomic E-state index is 12.9. The lowest BCUT2D eigenvalue weighted by Crippen LogP contribution is -2.49. The Morgan fingerprint density at radius 2 is 1.78 bits per heavy atom. The quantitative estimate of drug-likeness (QED) is 0.851. The molecule has 0 amide bonds. The number of thiol groups is 1. The lowest BCUT2D eigenvalue weighted by atomic mass is 10.0. The smallest absolute Gasteiger partial charge is 0.136 e. The van der Waals surface area contributed by atoms with E-state index < -0.39 is 6.17 Å². The molecule has 1 aromatic rings. The molecule has 5 heteroatoms. The summed E-state index contributed by atoms with van der Waals surface area (Å²) in [7, 11) is 3.20. The summed E-state index contributed by atoms with van der Waals surface area (Å²) >= 11 is 4.37. The number of alkyl halides is 1. The van der Waals surface area contributed by atoms with Crippen LogP contribution in [0, 0.1) is 0 Å². The van der Waals surface area contributed by atoms with Crippen molar-refractivity contribution in [1.29, 1.82) is 0 Å². The zero-order valence-electron chi connectivity index (χ0n) is 10.8. The van der Waals surface area contributed by atoms with E-state index in [0.29, 0.717) is 29.5 Å². The number of benzene rings is 1. The monoisotopic (exact) mass is 271 g/mol. The Balaban J connectivity index is 2.27. The highest BCUT2D eigenvalue weighted by Crippen LogP contribution is 2.37. The van der Waals surface area contributed by atoms with E-state index >= 15 is 0 Å². The maximum absolute atomic E-state index is 12.9. The molecule has 18 heavy (non-hydrogen) atoms. The molecule has 3 nitrogen and oxygen atoms in total. The zero-order chi connectivity index (χ0) is 13.3. The van der Waals surface area contributed by atoms with Crippen LogP contribution >= 0.6 is 12.6 Å². The predicted octanol–water partition coefficient (Wildman–Crippen LogP) is 2.71. The molecule has 0 spiro atoms. The summed E-state index contributed by atoms with van der Waals surface area (Å²) in [5, 5.41) is 0. The first-order chi connectivity index (χ1) is 8.56. The van der Waals surface area contributed by atoms with Crippen LogP contribution in [0.4, 0.5) is 4.39 Å². The average Bonchev–Trinajstić information content (AvgIpc) is 2.34. The second-order valence-electron chi connectivity index (χ2n) is 4.50. The van der Waals surface area contributed by atoms with Gasteiger partial charge in [-0.2, -0.15) is 0 Å². The van der Waals surface area contributed by atoms with Gasteiger partial charge in [0.1, 0.15) is 17.7 Å². The second kappa shape index (κ2) is 5.36. The second-order valence-corrected chi connectivity index (χ2v) is 4.95. The van der Waals surface area contributed by atoms with E-state index in [1.807, 2.05) is 12.1 Å². The van der Waals surface area contributed by atoms with E-state index in [9.17, 15) is 4.39 Å². The van der Waals surface area contributed by atoms with Crippen LogP contribution in [0.2, 0.25) is 0 Å². The number of hydrogen-bond donors (Lipinski definition) is 1. The number of methoxy groups -OCH3 is 2. The third kappa shape index (κ3) is 2.42. The van der Waals surface area contributed by atoms with Crippen molar-refractivity contribution >= 4 is 12.6 Å². The van der Waals surface area contributed by atoms with Gasteiger partial charge >= 0.3 is 0 Å². The minimum absolute atomic E-state index is 0.147. The molecule has 0 radical (unpaired) electrons. The topological polar surface area (TPSA) is 21.7 Å². The van der Waals surface area contributed by atoms with Crippen LogP contribution < -0.4 is 9.47 Å². The Labute approximate surface area is 112 Å². The van der Waals surface area contributed by atoms with Gasteiger partial charge in [-0.05, 0) is 24.6 Å². The number of ether oxygens (including phenoxy) is 2. The van der Waals surface area contributed by atoms with Crippen LogP contribution in [-0.4, -0.2) is 38.4 Å². The predicted molar refractivity (Wildman–Crippen MR) is 71.7 cm³/mol. The first-order valence-electron chi connectivity index (χ1n) is 5.89. The molecule has 1 aromatic carbocycles. The molecule has 1 fully saturated rings. The normalized spacial score (nSPS) is 18.3. The number of nitrogens with zero attached hydrogens (tertiary/aromatic N) is 1. The Kier molecular flexibility index (Phi) is 4.02. The summed E-state index contributed by atoms with van der Waals surface area (Å²) in [6.07, 6.45) is -0.694. The lowest BCUT2D eigenvalue weighted by molar-refractivity contribution is 0.0329. The van der Waals surface area contributed by atoms with Crippen molar-refractivity contribution in [1.82, 2.24) is 4.90 Å². The van der Waals surface area contributed by atoms with Crippen LogP contribution in [0.1, 0.15) is 18.5 Å². The van der Waals surface area contributed by atoms with Gasteiger partial charge in [-0.3, -0.25) is 4.90 Å². The number of rotatable bonds is 4. The van der Waals surface area contributed by atoms with Crippen LogP contribution in [0.25, 0.3) is 0 Å². The maximum Gasteiger partial charge on any atom is 0.136 e. The van der Waals surface area contributed by atoms with Crippen molar-refractivity contribution in [3.05, 3.63) is 17.7 Å². The molecule has 0 aromatic heterocycles. The molecule has 1 unspecified atom stereocenters. The summed E-state index contributed by atoms with van der Waals surface area (Å²) in [6, 6.07) is 4.01. The molecule has 0 aliphatic carbocycles. The van der Waals surface area contributed by atoms with E-state index in [1.165, 1.54) is 0 Å². The largest absolute Gasteiger partial charge is 0.495 e. The fourth-order valence-corrected chi connectivity index (χ4v) is 2.45. The van der Waals surface area contributed by atoms with E-state index in [4.69, 9.17) is 9.47 Å². The molecule has 0 saturated carbocycles. The van der Waals surface area contributed by atoms with Crippen molar-refractivity contribution in [3.8, 4) is 11.5 Å². The molecule has 1 saturated heterocycles. The molecular formula is C13H18FNO2S. The fourth-order valence-electron chi connectivity index (χ4n) is 2.14. The van der Waals surface area contributed by atoms with Crippen molar-refractivity contribution in [3.63, 3.8) is 0 Å². The highest BCUT2D eigenvalue weighted by Gasteiger charge is 2.31. The van der Waals surface area contributed by atoms with Crippen LogP contribution in [-0.2, 0) is 0 Å². The minimum Gasteiger partial charge on any atom is -0.495 e. The molecule has 0 N–H and O–H groups in total. The Morgan fingerprint density at radius 1 is 1.28 bits per heavy atom. The number of likely N-dealkylation sites (tertiary alicyclic amines) is 1. The first-order valence-corrected chi connectivity index (χ1v) is 6.34. The first kappa shape index (κ1) is 13.5. The molecule has 1 atom stereocenters. The van der Waals surface area contributed by atoms with E-state index in [-0.39, 0.29) is 6.04 Å². The lowest BCUT2D eigenvalue weighted by Gasteiger charge is -2.39. The van der Waals surface area contributed by atoms with Crippen molar-refractivity contribution in [2.24, 2.45) is 0 Å². The summed E-state index contributed by atoms with van der Waals surface area (Å²) in [6.45, 7) is 3.04. The molecule has 1 aliphatic rings. The van der Waals surface area contributed by atoms with Gasteiger partial charge in [0.25, 0.3) is 0 Å². The molecule has 1 aliphatic heterocycles. The van der Waals surface area contributed by atoms with Gasteiger partial charge in [0.2, 0.25) is 0 Å².